The van der Waals surface area contributed by atoms with Crippen molar-refractivity contribution in [1.82, 2.24) is 0 Å². The normalized spacial score (nSPS) is 13.8. The summed E-state index contributed by atoms with van der Waals surface area (Å²) < 4.78 is 39.6. The van der Waals surface area contributed by atoms with E-state index in [0.717, 1.165) is 23.3 Å². The maximum absolute atomic E-state index is 13.2. The van der Waals surface area contributed by atoms with E-state index in [1.165, 1.54) is 11.1 Å². The van der Waals surface area contributed by atoms with E-state index in [0.29, 0.717) is 30.0 Å². The summed E-state index contributed by atoms with van der Waals surface area (Å²) in [6.45, 7) is 4.09. The number of alkyl halides is 3. The van der Waals surface area contributed by atoms with Gasteiger partial charge in [0, 0.05) is 37.1 Å². The third-order valence-electron chi connectivity index (χ3n) is 5.25. The Morgan fingerprint density at radius 1 is 1.20 bits per heavy atom. The number of aliphatic imine (C=N–C) groups is 1. The second-order valence-corrected chi connectivity index (χ2v) is 7.80. The Hall–Kier alpha value is -4.05. The third-order valence-corrected chi connectivity index (χ3v) is 5.25. The molecule has 7 nitrogen and oxygen atoms in total. The van der Waals surface area contributed by atoms with Crippen LogP contribution in [0.5, 0.6) is 0 Å². The van der Waals surface area contributed by atoms with Crippen molar-refractivity contribution >= 4 is 29.2 Å². The number of rotatable bonds is 7. The number of anilines is 3. The van der Waals surface area contributed by atoms with Gasteiger partial charge in [-0.05, 0) is 61.4 Å². The second kappa shape index (κ2) is 10.9. The number of nitrogens with two attached hydrogens (primary N) is 2. The maximum Gasteiger partial charge on any atom is 0.416 e. The molecule has 0 bridgehead atoms. The van der Waals surface area contributed by atoms with Crippen molar-refractivity contribution < 1.29 is 18.0 Å². The zero-order chi connectivity index (χ0) is 25.6. The zero-order valence-electron chi connectivity index (χ0n) is 19.4. The first kappa shape index (κ1) is 25.6. The van der Waals surface area contributed by atoms with Crippen molar-refractivity contribution in [3.05, 3.63) is 88.9 Å². The molecule has 184 valence electrons. The molecule has 2 aromatic carbocycles. The number of nitrogens with one attached hydrogen (secondary N) is 2. The molecule has 0 fully saturated rings. The van der Waals surface area contributed by atoms with Gasteiger partial charge in [-0.2, -0.15) is 13.2 Å². The van der Waals surface area contributed by atoms with Gasteiger partial charge in [0.15, 0.2) is 0 Å². The highest BCUT2D eigenvalue weighted by Gasteiger charge is 2.31. The average molecular weight is 485 g/mol. The van der Waals surface area contributed by atoms with Crippen LogP contribution in [0, 0.1) is 6.92 Å². The quantitative estimate of drug-likeness (QED) is 0.323. The fourth-order valence-electron chi connectivity index (χ4n) is 3.40. The van der Waals surface area contributed by atoms with E-state index in [-0.39, 0.29) is 11.3 Å². The van der Waals surface area contributed by atoms with Gasteiger partial charge in [0.2, 0.25) is 0 Å². The molecule has 0 atom stereocenters. The zero-order valence-corrected chi connectivity index (χ0v) is 19.4. The van der Waals surface area contributed by atoms with E-state index in [9.17, 15) is 18.0 Å². The van der Waals surface area contributed by atoms with Crippen LogP contribution in [0.25, 0.3) is 0 Å². The van der Waals surface area contributed by atoms with Crippen molar-refractivity contribution in [3.8, 4) is 0 Å². The van der Waals surface area contributed by atoms with Gasteiger partial charge in [-0.15, -0.1) is 0 Å². The summed E-state index contributed by atoms with van der Waals surface area (Å²) in [6, 6.07) is 7.99. The Bertz CT molecular complexity index is 1210. The summed E-state index contributed by atoms with van der Waals surface area (Å²) in [5.74, 6) is 5.65. The highest BCUT2D eigenvalue weighted by Crippen LogP contribution is 2.34. The van der Waals surface area contributed by atoms with Crippen molar-refractivity contribution in [2.24, 2.45) is 16.6 Å². The van der Waals surface area contributed by atoms with Gasteiger partial charge in [-0.1, -0.05) is 12.1 Å². The molecule has 0 radical (unpaired) electrons. The highest BCUT2D eigenvalue weighted by molar-refractivity contribution is 6.06. The molecule has 0 aromatic heterocycles. The topological polar surface area (TPSA) is 109 Å². The standard InChI is InChI=1S/C25H27F3N6O/c1-3-32-21-9-8-19(25(26,27)28)14-22(21)33-24(35)18-7-6-16(2)23(13-18)34(30)15-20(29)17-5-4-11-31-12-10-17/h4-9,11-15,32H,3,10,29-30H2,1-2H3,(H,33,35)/b20-15-. The molecule has 0 spiro atoms. The van der Waals surface area contributed by atoms with Crippen LogP contribution in [0.1, 0.15) is 34.8 Å². The lowest BCUT2D eigenvalue weighted by Crippen LogP contribution is -2.27. The van der Waals surface area contributed by atoms with Crippen molar-refractivity contribution in [2.75, 3.05) is 22.2 Å². The summed E-state index contributed by atoms with van der Waals surface area (Å²) >= 11 is 0. The number of hydrazine groups is 1. The van der Waals surface area contributed by atoms with Gasteiger partial charge >= 0.3 is 6.18 Å². The van der Waals surface area contributed by atoms with E-state index in [4.69, 9.17) is 11.6 Å². The number of aryl methyl sites for hydroxylation is 1. The molecule has 35 heavy (non-hydrogen) atoms. The third kappa shape index (κ3) is 6.51. The first-order chi connectivity index (χ1) is 16.6. The van der Waals surface area contributed by atoms with Crippen molar-refractivity contribution in [2.45, 2.75) is 26.4 Å². The maximum atomic E-state index is 13.2. The molecule has 0 saturated carbocycles. The van der Waals surface area contributed by atoms with Gasteiger partial charge in [0.1, 0.15) is 0 Å². The first-order valence-electron chi connectivity index (χ1n) is 10.9. The summed E-state index contributed by atoms with van der Waals surface area (Å²) in [5.41, 5.74) is 8.50. The van der Waals surface area contributed by atoms with Gasteiger partial charge in [0.25, 0.3) is 5.91 Å². The molecule has 0 saturated heterocycles. The van der Waals surface area contributed by atoms with Gasteiger partial charge < -0.3 is 16.4 Å². The Kier molecular flexibility index (Phi) is 7.98. The predicted octanol–water partition coefficient (Wildman–Crippen LogP) is 5.09. The molecule has 6 N–H and O–H groups in total. The van der Waals surface area contributed by atoms with Gasteiger partial charge in [0.05, 0.1) is 28.3 Å². The summed E-state index contributed by atoms with van der Waals surface area (Å²) in [5, 5.41) is 6.84. The molecule has 10 heteroatoms. The SMILES string of the molecule is CCNc1ccc(C(F)(F)F)cc1NC(=O)c1ccc(C)c(N(N)/C=C(\N)C2=CC=CN=CC2)c1. The Morgan fingerprint density at radius 2 is 1.97 bits per heavy atom. The van der Waals surface area contributed by atoms with Crippen LogP contribution in [0.2, 0.25) is 0 Å². The van der Waals surface area contributed by atoms with E-state index in [1.54, 1.807) is 49.8 Å². The number of hydrogen-bond acceptors (Lipinski definition) is 6. The molecule has 1 aliphatic heterocycles. The number of carbonyl (C=O) groups excluding carboxylic acids is 1. The number of nitrogens with zero attached hydrogens (tertiary/aromatic N) is 2. The summed E-state index contributed by atoms with van der Waals surface area (Å²) in [6.07, 6.45) is 4.52. The monoisotopic (exact) mass is 484 g/mol. The largest absolute Gasteiger partial charge is 0.416 e. The molecule has 3 rings (SSSR count). The Morgan fingerprint density at radius 3 is 2.69 bits per heavy atom. The minimum absolute atomic E-state index is 0.0255. The summed E-state index contributed by atoms with van der Waals surface area (Å²) in [7, 11) is 0. The number of halogens is 3. The predicted molar refractivity (Wildman–Crippen MR) is 134 cm³/mol. The van der Waals surface area contributed by atoms with Crippen molar-refractivity contribution in [3.63, 3.8) is 0 Å². The number of carbonyl (C=O) groups is 1. The van der Waals surface area contributed by atoms with E-state index < -0.39 is 17.6 Å². The van der Waals surface area contributed by atoms with Crippen LogP contribution in [0.3, 0.4) is 0 Å². The second-order valence-electron chi connectivity index (χ2n) is 7.80. The van der Waals surface area contributed by atoms with Crippen LogP contribution >= 0.6 is 0 Å². The van der Waals surface area contributed by atoms with Crippen molar-refractivity contribution in [1.29, 1.82) is 0 Å². The fraction of sp³-hybridized carbons (Fsp3) is 0.200. The molecule has 0 unspecified atom stereocenters. The molecule has 1 heterocycles. The number of allylic oxidation sites excluding steroid dienone is 3. The van der Waals surface area contributed by atoms with Crippen LogP contribution < -0.4 is 27.2 Å². The number of amides is 1. The molecular weight excluding hydrogens is 457 g/mol. The summed E-state index contributed by atoms with van der Waals surface area (Å²) in [4.78, 5) is 17.0. The lowest BCUT2D eigenvalue weighted by atomic mass is 10.1. The molecule has 2 aromatic rings. The lowest BCUT2D eigenvalue weighted by molar-refractivity contribution is -0.137. The van der Waals surface area contributed by atoms with Crippen LogP contribution in [0.15, 0.2) is 77.2 Å². The van der Waals surface area contributed by atoms with E-state index in [2.05, 4.69) is 15.6 Å². The Balaban J connectivity index is 1.87. The fourth-order valence-corrected chi connectivity index (χ4v) is 3.40. The Labute approximate surface area is 201 Å². The van der Waals surface area contributed by atoms with Crippen LogP contribution in [-0.2, 0) is 6.18 Å². The lowest BCUT2D eigenvalue weighted by Gasteiger charge is -2.20. The highest BCUT2D eigenvalue weighted by atomic mass is 19.4. The van der Waals surface area contributed by atoms with Gasteiger partial charge in [-0.25, -0.2) is 5.84 Å². The van der Waals surface area contributed by atoms with E-state index >= 15 is 0 Å². The minimum atomic E-state index is -4.54. The molecule has 0 aliphatic carbocycles. The van der Waals surface area contributed by atoms with Crippen LogP contribution in [-0.4, -0.2) is 18.7 Å². The molecular formula is C25H27F3N6O. The average Bonchev–Trinajstić information content (AvgIpc) is 3.09. The van der Waals surface area contributed by atoms with Gasteiger partial charge in [-0.3, -0.25) is 14.8 Å². The van der Waals surface area contributed by atoms with Crippen LogP contribution in [0.4, 0.5) is 30.2 Å². The number of hydrogen-bond donors (Lipinski definition) is 4. The smallest absolute Gasteiger partial charge is 0.397 e. The number of benzene rings is 2. The minimum Gasteiger partial charge on any atom is -0.397 e. The first-order valence-corrected chi connectivity index (χ1v) is 10.9. The van der Waals surface area contributed by atoms with E-state index in [1.807, 2.05) is 13.0 Å². The molecule has 1 aliphatic rings. The molecule has 1 amide bonds.